The maximum absolute atomic E-state index is 14.5. The summed E-state index contributed by atoms with van der Waals surface area (Å²) in [5, 5.41) is 61.9. The molecular weight excluding hydrogens is 949 g/mol. The van der Waals surface area contributed by atoms with E-state index in [2.05, 4.69) is 62.4 Å². The standard InChI is InChI=1S/C56H92N6O12/c1-14-45-56(10,68)49(64)38(6)61(12)32-34(2)29-54(8,67)51(36(4)48(37(5)52(66)72-45)73-46-30-55(9,69-13)50(65)39(7)71-46)74-53-47(63)44(28-35(3)70-53)60(11)27-24-43-33-62(59-58-43)26-16-15-18-40-20-22-41(23-21-40)42-19-17-25-57-31-42/h17,19-23,25,31,33-39,44-51,53,58-59,63-65,67-68H,14-16,18,24,26-30,32H2,1-13H3/t34-,35-,36+,37-,38-,39+,44+,45-,46+,47-,48+,49-,50+,51-,53+,54-,55-,56-/m1/s1. The molecule has 0 amide bonds. The lowest BCUT2D eigenvalue weighted by Gasteiger charge is -2.49. The number of cyclic esters (lactones) is 1. The van der Waals surface area contributed by atoms with Gasteiger partial charge in [0.15, 0.2) is 12.6 Å². The molecule has 7 N–H and O–H groups in total. The lowest BCUT2D eigenvalue weighted by Crippen LogP contribution is -2.61. The Morgan fingerprint density at radius 2 is 1.64 bits per heavy atom. The number of aliphatic hydroxyl groups excluding tert-OH is 3. The summed E-state index contributed by atoms with van der Waals surface area (Å²) < 4.78 is 38.4. The normalized spacial score (nSPS) is 39.2. The molecule has 6 rings (SSSR count). The van der Waals surface area contributed by atoms with Crippen LogP contribution in [0.5, 0.6) is 0 Å². The van der Waals surface area contributed by atoms with Gasteiger partial charge in [0, 0.05) is 81.9 Å². The SMILES string of the molecule is CC[C@H]1OC(=O)[C@H](C)[C@@H](O[C@H]2C[C@@](C)(OC)[C@@H](O)[C@H](C)O2)[C@H](C)[C@@H](O[C@@H]2O[C@H](C)C[C@H](N(C)CCC3=CN(CCCCc4ccc(-c5cccnc5)cc4)NN3)[C@H]2O)[C@](C)(O)C[C@@H](C)CN(C)[C@H](C)[C@@H](O)[C@]1(C)O. The largest absolute Gasteiger partial charge is 0.459 e. The van der Waals surface area contributed by atoms with Crippen molar-refractivity contribution in [3.05, 3.63) is 66.3 Å². The minimum atomic E-state index is -1.83. The van der Waals surface area contributed by atoms with Crippen LogP contribution in [0, 0.1) is 17.8 Å². The van der Waals surface area contributed by atoms with Gasteiger partial charge in [0.05, 0.1) is 41.5 Å². The van der Waals surface area contributed by atoms with Gasteiger partial charge in [0.1, 0.15) is 30.0 Å². The average molecular weight is 1040 g/mol. The molecule has 0 saturated carbocycles. The van der Waals surface area contributed by atoms with Gasteiger partial charge < -0.3 is 69.2 Å². The molecule has 0 unspecified atom stereocenters. The van der Waals surface area contributed by atoms with Crippen LogP contribution in [0.1, 0.15) is 120 Å². The number of pyridine rings is 1. The first kappa shape index (κ1) is 59.9. The molecule has 18 heteroatoms. The molecule has 4 aliphatic rings. The number of nitrogens with zero attached hydrogens (tertiary/aromatic N) is 4. The number of rotatable bonds is 16. The molecule has 3 saturated heterocycles. The van der Waals surface area contributed by atoms with Crippen molar-refractivity contribution in [2.45, 2.75) is 211 Å². The van der Waals surface area contributed by atoms with Crippen LogP contribution in [0.2, 0.25) is 0 Å². The highest BCUT2D eigenvalue weighted by molar-refractivity contribution is 5.73. The molecule has 4 aliphatic heterocycles. The first-order valence-electron chi connectivity index (χ1n) is 27.1. The third kappa shape index (κ3) is 14.6. The minimum Gasteiger partial charge on any atom is -0.459 e. The number of hydrazine groups is 2. The zero-order chi connectivity index (χ0) is 54.3. The summed E-state index contributed by atoms with van der Waals surface area (Å²) in [4.78, 5) is 22.8. The Hall–Kier alpha value is -3.34. The first-order chi connectivity index (χ1) is 34.9. The fourth-order valence-corrected chi connectivity index (χ4v) is 11.8. The van der Waals surface area contributed by atoms with Gasteiger partial charge >= 0.3 is 5.97 Å². The zero-order valence-corrected chi connectivity index (χ0v) is 46.5. The van der Waals surface area contributed by atoms with E-state index < -0.39 is 96.0 Å². The van der Waals surface area contributed by atoms with Crippen LogP contribution in [0.3, 0.4) is 0 Å². The molecular formula is C56H92N6O12. The van der Waals surface area contributed by atoms with E-state index in [1.807, 2.05) is 59.0 Å². The summed E-state index contributed by atoms with van der Waals surface area (Å²) in [7, 11) is 5.35. The second-order valence-electron chi connectivity index (χ2n) is 22.9. The molecule has 1 aromatic carbocycles. The van der Waals surface area contributed by atoms with Gasteiger partial charge in [0.25, 0.3) is 0 Å². The van der Waals surface area contributed by atoms with Gasteiger partial charge in [-0.25, -0.2) is 0 Å². The van der Waals surface area contributed by atoms with Gasteiger partial charge in [0.2, 0.25) is 0 Å². The number of unbranched alkanes of at least 4 members (excludes halogenated alkanes) is 1. The number of carbonyl (C=O) groups excluding carboxylic acids is 1. The number of ether oxygens (including phenoxy) is 6. The number of aromatic nitrogens is 1. The smallest absolute Gasteiger partial charge is 0.311 e. The molecule has 0 bridgehead atoms. The Bertz CT molecular complexity index is 2090. The van der Waals surface area contributed by atoms with E-state index in [0.717, 1.165) is 42.6 Å². The maximum atomic E-state index is 14.5. The Kier molecular flexibility index (Phi) is 20.9. The van der Waals surface area contributed by atoms with Crippen molar-refractivity contribution >= 4 is 5.97 Å². The highest BCUT2D eigenvalue weighted by Crippen LogP contribution is 2.40. The molecule has 74 heavy (non-hydrogen) atoms. The van der Waals surface area contributed by atoms with Crippen molar-refractivity contribution in [3.63, 3.8) is 0 Å². The Balaban J connectivity index is 1.17. The predicted octanol–water partition coefficient (Wildman–Crippen LogP) is 4.91. The average Bonchev–Trinajstić information content (AvgIpc) is 3.83. The number of hydrogen-bond donors (Lipinski definition) is 7. The van der Waals surface area contributed by atoms with Crippen LogP contribution < -0.4 is 11.0 Å². The Morgan fingerprint density at radius 1 is 0.919 bits per heavy atom. The maximum Gasteiger partial charge on any atom is 0.311 e. The zero-order valence-electron chi connectivity index (χ0n) is 46.5. The molecule has 0 aliphatic carbocycles. The van der Waals surface area contributed by atoms with Crippen molar-refractivity contribution in [1.82, 2.24) is 30.8 Å². The van der Waals surface area contributed by atoms with Gasteiger partial charge in [-0.3, -0.25) is 14.8 Å². The quantitative estimate of drug-likeness (QED) is 0.0877. The van der Waals surface area contributed by atoms with Crippen LogP contribution >= 0.6 is 0 Å². The van der Waals surface area contributed by atoms with Gasteiger partial charge in [-0.2, -0.15) is 0 Å². The molecule has 0 radical (unpaired) electrons. The van der Waals surface area contributed by atoms with Crippen molar-refractivity contribution < 1.29 is 58.7 Å². The number of aliphatic hydroxyl groups is 5. The summed E-state index contributed by atoms with van der Waals surface area (Å²) in [5.74, 6) is -2.72. The highest BCUT2D eigenvalue weighted by atomic mass is 16.7. The van der Waals surface area contributed by atoms with E-state index in [9.17, 15) is 30.3 Å². The number of hydrogen-bond acceptors (Lipinski definition) is 18. The summed E-state index contributed by atoms with van der Waals surface area (Å²) in [6, 6.07) is 11.8. The number of carbonyl (C=O) groups is 1. The minimum absolute atomic E-state index is 0.113. The number of likely N-dealkylation sites (N-methyl/N-ethyl adjacent to an activating group) is 2. The van der Waals surface area contributed by atoms with Crippen LogP contribution in [-0.4, -0.2) is 182 Å². The number of methoxy groups -OCH3 is 1. The van der Waals surface area contributed by atoms with Gasteiger partial charge in [-0.1, -0.05) is 51.1 Å². The molecule has 18 nitrogen and oxygen atoms in total. The monoisotopic (exact) mass is 1040 g/mol. The van der Waals surface area contributed by atoms with Crippen molar-refractivity contribution in [1.29, 1.82) is 0 Å². The van der Waals surface area contributed by atoms with Crippen molar-refractivity contribution in [2.75, 3.05) is 40.8 Å². The van der Waals surface area contributed by atoms with E-state index >= 15 is 0 Å². The molecule has 2 aromatic rings. The second kappa shape index (κ2) is 25.9. The number of aryl methyl sites for hydroxylation is 1. The van der Waals surface area contributed by atoms with Crippen LogP contribution in [-0.2, 0) is 39.6 Å². The lowest BCUT2D eigenvalue weighted by molar-refractivity contribution is -0.318. The molecule has 1 aromatic heterocycles. The van der Waals surface area contributed by atoms with E-state index in [0.29, 0.717) is 25.9 Å². The Morgan fingerprint density at radius 3 is 2.30 bits per heavy atom. The summed E-state index contributed by atoms with van der Waals surface area (Å²) in [5.41, 5.74) is 6.71. The Labute approximate surface area is 441 Å². The number of benzene rings is 1. The van der Waals surface area contributed by atoms with Crippen molar-refractivity contribution in [2.24, 2.45) is 17.8 Å². The molecule has 5 heterocycles. The molecule has 0 spiro atoms. The fraction of sp³-hybridized carbons (Fsp3) is 0.750. The first-order valence-corrected chi connectivity index (χ1v) is 27.1. The van der Waals surface area contributed by atoms with E-state index in [1.165, 1.54) is 19.6 Å². The summed E-state index contributed by atoms with van der Waals surface area (Å²) in [6.45, 7) is 19.6. The third-order valence-corrected chi connectivity index (χ3v) is 16.6. The number of esters is 1. The van der Waals surface area contributed by atoms with Crippen LogP contribution in [0.4, 0.5) is 0 Å². The van der Waals surface area contributed by atoms with Crippen LogP contribution in [0.25, 0.3) is 11.1 Å². The summed E-state index contributed by atoms with van der Waals surface area (Å²) >= 11 is 0. The van der Waals surface area contributed by atoms with E-state index in [1.54, 1.807) is 40.8 Å². The van der Waals surface area contributed by atoms with E-state index in [4.69, 9.17) is 28.4 Å². The van der Waals surface area contributed by atoms with Crippen molar-refractivity contribution in [3.8, 4) is 11.1 Å². The van der Waals surface area contributed by atoms with Crippen LogP contribution in [0.15, 0.2) is 60.7 Å². The predicted molar refractivity (Wildman–Crippen MR) is 281 cm³/mol. The van der Waals surface area contributed by atoms with E-state index in [-0.39, 0.29) is 37.3 Å². The summed E-state index contributed by atoms with van der Waals surface area (Å²) in [6.07, 6.45) is 0.729. The highest BCUT2D eigenvalue weighted by Gasteiger charge is 2.53. The molecule has 418 valence electrons. The fourth-order valence-electron chi connectivity index (χ4n) is 11.8. The number of nitrogens with one attached hydrogen (secondary N) is 2. The second-order valence-corrected chi connectivity index (χ2v) is 22.9. The lowest BCUT2D eigenvalue weighted by atomic mass is 9.77. The van der Waals surface area contributed by atoms with Gasteiger partial charge in [-0.15, -0.1) is 5.53 Å². The molecule has 18 atom stereocenters. The third-order valence-electron chi connectivity index (χ3n) is 16.6. The molecule has 3 fully saturated rings. The topological polar surface area (TPSA) is 220 Å². The van der Waals surface area contributed by atoms with Gasteiger partial charge in [-0.05, 0) is 130 Å².